The number of nitrogens with zero attached hydrogens (tertiary/aromatic N) is 2. The van der Waals surface area contributed by atoms with Gasteiger partial charge in [0, 0.05) is 11.6 Å². The molecule has 5 nitrogen and oxygen atoms in total. The fourth-order valence-electron chi connectivity index (χ4n) is 2.86. The second-order valence-electron chi connectivity index (χ2n) is 5.85. The summed E-state index contributed by atoms with van der Waals surface area (Å²) in [5.41, 5.74) is 3.28. The molecule has 0 aliphatic rings. The Morgan fingerprint density at radius 3 is 2.88 bits per heavy atom. The SMILES string of the molecule is Cc1ccc(CNC(=O)c2cc(-c3csc(C)n3)n3ccccc23)o1. The predicted molar refractivity (Wildman–Crippen MR) is 97.9 cm³/mol. The number of amides is 1. The van der Waals surface area contributed by atoms with E-state index < -0.39 is 0 Å². The van der Waals surface area contributed by atoms with Crippen LogP contribution in [0.25, 0.3) is 16.9 Å². The maximum atomic E-state index is 12.7. The first-order chi connectivity index (χ1) is 12.1. The molecule has 0 radical (unpaired) electrons. The number of rotatable bonds is 4. The Kier molecular flexibility index (Phi) is 3.89. The molecule has 0 atom stereocenters. The normalized spacial score (nSPS) is 11.1. The lowest BCUT2D eigenvalue weighted by Gasteiger charge is -2.02. The average Bonchev–Trinajstić information content (AvgIpc) is 3.31. The van der Waals surface area contributed by atoms with E-state index in [1.165, 1.54) is 0 Å². The highest BCUT2D eigenvalue weighted by Crippen LogP contribution is 2.27. The van der Waals surface area contributed by atoms with Gasteiger partial charge in [-0.1, -0.05) is 6.07 Å². The molecule has 4 heterocycles. The van der Waals surface area contributed by atoms with Crippen LogP contribution in [-0.2, 0) is 6.54 Å². The summed E-state index contributed by atoms with van der Waals surface area (Å²) in [6.45, 7) is 4.22. The summed E-state index contributed by atoms with van der Waals surface area (Å²) in [5.74, 6) is 1.44. The maximum Gasteiger partial charge on any atom is 0.253 e. The summed E-state index contributed by atoms with van der Waals surface area (Å²) in [7, 11) is 0. The number of carbonyl (C=O) groups is 1. The third kappa shape index (κ3) is 2.96. The van der Waals surface area contributed by atoms with E-state index in [-0.39, 0.29) is 5.91 Å². The minimum atomic E-state index is -0.129. The first kappa shape index (κ1) is 15.7. The summed E-state index contributed by atoms with van der Waals surface area (Å²) in [6.07, 6.45) is 1.95. The van der Waals surface area contributed by atoms with Crippen LogP contribution < -0.4 is 5.32 Å². The predicted octanol–water partition coefficient (Wildman–Crippen LogP) is 4.20. The first-order valence-corrected chi connectivity index (χ1v) is 8.86. The van der Waals surface area contributed by atoms with Crippen molar-refractivity contribution in [3.8, 4) is 11.4 Å². The van der Waals surface area contributed by atoms with Gasteiger partial charge in [0.15, 0.2) is 0 Å². The zero-order chi connectivity index (χ0) is 17.4. The first-order valence-electron chi connectivity index (χ1n) is 7.98. The van der Waals surface area contributed by atoms with Gasteiger partial charge in [0.25, 0.3) is 5.91 Å². The van der Waals surface area contributed by atoms with Gasteiger partial charge in [-0.2, -0.15) is 0 Å². The van der Waals surface area contributed by atoms with Crippen molar-refractivity contribution in [1.82, 2.24) is 14.7 Å². The van der Waals surface area contributed by atoms with Gasteiger partial charge in [0.2, 0.25) is 0 Å². The number of aryl methyl sites for hydroxylation is 2. The minimum absolute atomic E-state index is 0.129. The molecule has 0 unspecified atom stereocenters. The molecule has 126 valence electrons. The smallest absolute Gasteiger partial charge is 0.253 e. The number of aromatic nitrogens is 2. The molecule has 0 aliphatic heterocycles. The van der Waals surface area contributed by atoms with Crippen molar-refractivity contribution in [3.05, 3.63) is 70.1 Å². The van der Waals surface area contributed by atoms with Gasteiger partial charge in [-0.25, -0.2) is 4.98 Å². The van der Waals surface area contributed by atoms with Gasteiger partial charge < -0.3 is 14.1 Å². The van der Waals surface area contributed by atoms with Crippen molar-refractivity contribution >= 4 is 22.8 Å². The van der Waals surface area contributed by atoms with Crippen LogP contribution in [0.15, 0.2) is 52.4 Å². The lowest BCUT2D eigenvalue weighted by molar-refractivity contribution is 0.0949. The highest BCUT2D eigenvalue weighted by atomic mass is 32.1. The second kappa shape index (κ2) is 6.22. The van der Waals surface area contributed by atoms with E-state index in [2.05, 4.69) is 10.3 Å². The number of nitrogens with one attached hydrogen (secondary N) is 1. The zero-order valence-electron chi connectivity index (χ0n) is 13.9. The number of hydrogen-bond acceptors (Lipinski definition) is 4. The quantitative estimate of drug-likeness (QED) is 0.599. The average molecular weight is 351 g/mol. The van der Waals surface area contributed by atoms with Crippen LogP contribution in [0.3, 0.4) is 0 Å². The molecule has 4 rings (SSSR count). The molecule has 6 heteroatoms. The van der Waals surface area contributed by atoms with E-state index in [4.69, 9.17) is 4.42 Å². The molecular weight excluding hydrogens is 334 g/mol. The molecule has 0 saturated carbocycles. The molecule has 0 fully saturated rings. The van der Waals surface area contributed by atoms with E-state index in [9.17, 15) is 4.79 Å². The molecule has 1 amide bonds. The van der Waals surface area contributed by atoms with Crippen LogP contribution in [0.1, 0.15) is 26.9 Å². The highest BCUT2D eigenvalue weighted by Gasteiger charge is 2.17. The summed E-state index contributed by atoms with van der Waals surface area (Å²) in [5, 5.41) is 5.94. The van der Waals surface area contributed by atoms with Crippen LogP contribution in [-0.4, -0.2) is 15.3 Å². The summed E-state index contributed by atoms with van der Waals surface area (Å²) < 4.78 is 7.51. The summed E-state index contributed by atoms with van der Waals surface area (Å²) in [4.78, 5) is 17.3. The molecule has 1 N–H and O–H groups in total. The van der Waals surface area contributed by atoms with Crippen LogP contribution in [0.5, 0.6) is 0 Å². The van der Waals surface area contributed by atoms with Crippen LogP contribution >= 0.6 is 11.3 Å². The Labute approximate surface area is 148 Å². The molecule has 0 aromatic carbocycles. The number of pyridine rings is 1. The zero-order valence-corrected chi connectivity index (χ0v) is 14.8. The molecular formula is C19H17N3O2S. The van der Waals surface area contributed by atoms with E-state index in [0.29, 0.717) is 12.1 Å². The van der Waals surface area contributed by atoms with E-state index in [1.807, 2.05) is 66.2 Å². The lowest BCUT2D eigenvalue weighted by Crippen LogP contribution is -2.22. The van der Waals surface area contributed by atoms with E-state index >= 15 is 0 Å². The Balaban J connectivity index is 1.68. The second-order valence-corrected chi connectivity index (χ2v) is 6.91. The maximum absolute atomic E-state index is 12.7. The van der Waals surface area contributed by atoms with Crippen molar-refractivity contribution in [2.45, 2.75) is 20.4 Å². The van der Waals surface area contributed by atoms with E-state index in [0.717, 1.165) is 33.4 Å². The third-order valence-electron chi connectivity index (χ3n) is 4.02. The highest BCUT2D eigenvalue weighted by molar-refractivity contribution is 7.09. The molecule has 25 heavy (non-hydrogen) atoms. The monoisotopic (exact) mass is 351 g/mol. The van der Waals surface area contributed by atoms with Crippen molar-refractivity contribution < 1.29 is 9.21 Å². The van der Waals surface area contributed by atoms with Gasteiger partial charge in [0.1, 0.15) is 11.5 Å². The van der Waals surface area contributed by atoms with Crippen LogP contribution in [0.4, 0.5) is 0 Å². The molecule has 4 aromatic heterocycles. The Morgan fingerprint density at radius 1 is 1.28 bits per heavy atom. The van der Waals surface area contributed by atoms with Crippen molar-refractivity contribution in [2.75, 3.05) is 0 Å². The van der Waals surface area contributed by atoms with Gasteiger partial charge in [0.05, 0.1) is 34.0 Å². The topological polar surface area (TPSA) is 59.5 Å². The molecule has 0 saturated heterocycles. The van der Waals surface area contributed by atoms with E-state index in [1.54, 1.807) is 11.3 Å². The number of furan rings is 1. The standard InChI is InChI=1S/C19H17N3O2S/c1-12-6-7-14(24-12)10-20-19(23)15-9-18(16-11-25-13(2)21-16)22-8-4-3-5-17(15)22/h3-9,11H,10H2,1-2H3,(H,20,23). The summed E-state index contributed by atoms with van der Waals surface area (Å²) in [6, 6.07) is 11.5. The fraction of sp³-hybridized carbons (Fsp3) is 0.158. The Hall–Kier alpha value is -2.86. The Bertz CT molecular complexity index is 1060. The molecule has 0 bridgehead atoms. The van der Waals surface area contributed by atoms with Crippen LogP contribution in [0.2, 0.25) is 0 Å². The number of fused-ring (bicyclic) bond motifs is 1. The number of hydrogen-bond donors (Lipinski definition) is 1. The third-order valence-corrected chi connectivity index (χ3v) is 4.80. The lowest BCUT2D eigenvalue weighted by atomic mass is 10.2. The molecule has 0 spiro atoms. The Morgan fingerprint density at radius 2 is 2.16 bits per heavy atom. The van der Waals surface area contributed by atoms with Gasteiger partial charge >= 0.3 is 0 Å². The van der Waals surface area contributed by atoms with Crippen molar-refractivity contribution in [3.63, 3.8) is 0 Å². The number of carbonyl (C=O) groups excluding carboxylic acids is 1. The molecule has 0 aliphatic carbocycles. The largest absolute Gasteiger partial charge is 0.465 e. The van der Waals surface area contributed by atoms with Gasteiger partial charge in [-0.15, -0.1) is 11.3 Å². The van der Waals surface area contributed by atoms with Crippen molar-refractivity contribution in [2.24, 2.45) is 0 Å². The van der Waals surface area contributed by atoms with Gasteiger partial charge in [-0.3, -0.25) is 4.79 Å². The number of thiazole rings is 1. The minimum Gasteiger partial charge on any atom is -0.465 e. The van der Waals surface area contributed by atoms with Crippen molar-refractivity contribution in [1.29, 1.82) is 0 Å². The fourth-order valence-corrected chi connectivity index (χ4v) is 3.46. The van der Waals surface area contributed by atoms with Crippen LogP contribution in [0, 0.1) is 13.8 Å². The van der Waals surface area contributed by atoms with Gasteiger partial charge in [-0.05, 0) is 44.2 Å². The summed E-state index contributed by atoms with van der Waals surface area (Å²) >= 11 is 1.60. The molecule has 4 aromatic rings.